The summed E-state index contributed by atoms with van der Waals surface area (Å²) in [6, 6.07) is 14.8. The van der Waals surface area contributed by atoms with Gasteiger partial charge in [-0.15, -0.1) is 10.2 Å². The van der Waals surface area contributed by atoms with E-state index < -0.39 is 0 Å². The molecule has 3 aromatic heterocycles. The van der Waals surface area contributed by atoms with E-state index in [1.807, 2.05) is 22.7 Å². The fourth-order valence-electron chi connectivity index (χ4n) is 5.22. The van der Waals surface area contributed by atoms with Crippen LogP contribution in [0.3, 0.4) is 0 Å². The number of nitrogens with one attached hydrogen (secondary N) is 1. The molecule has 1 saturated heterocycles. The van der Waals surface area contributed by atoms with Crippen molar-refractivity contribution < 1.29 is 4.74 Å². The average molecular weight is 499 g/mol. The van der Waals surface area contributed by atoms with Gasteiger partial charge < -0.3 is 10.1 Å². The highest BCUT2D eigenvalue weighted by Crippen LogP contribution is 2.47. The summed E-state index contributed by atoms with van der Waals surface area (Å²) in [6.45, 7) is 8.54. The zero-order valence-corrected chi connectivity index (χ0v) is 21.7. The Morgan fingerprint density at radius 3 is 2.78 bits per heavy atom. The molecule has 1 aliphatic carbocycles. The van der Waals surface area contributed by atoms with Crippen molar-refractivity contribution in [2.24, 2.45) is 11.3 Å². The van der Waals surface area contributed by atoms with Gasteiger partial charge in [0.25, 0.3) is 0 Å². The first kappa shape index (κ1) is 23.1. The summed E-state index contributed by atoms with van der Waals surface area (Å²) in [5.41, 5.74) is 5.98. The van der Waals surface area contributed by atoms with Crippen molar-refractivity contribution in [2.75, 3.05) is 18.5 Å². The van der Waals surface area contributed by atoms with Crippen molar-refractivity contribution in [3.8, 4) is 27.9 Å². The van der Waals surface area contributed by atoms with E-state index in [0.717, 1.165) is 38.0 Å². The Morgan fingerprint density at radius 2 is 2.03 bits per heavy atom. The van der Waals surface area contributed by atoms with Gasteiger partial charge in [-0.3, -0.25) is 0 Å². The van der Waals surface area contributed by atoms with Crippen LogP contribution < -0.4 is 5.32 Å². The molecule has 4 aromatic rings. The first-order valence-corrected chi connectivity index (χ1v) is 13.4. The Hall–Kier alpha value is -3.28. The van der Waals surface area contributed by atoms with Crippen LogP contribution in [0, 0.1) is 22.7 Å². The van der Waals surface area contributed by atoms with Crippen molar-refractivity contribution in [3.63, 3.8) is 0 Å². The molecule has 0 spiro atoms. The van der Waals surface area contributed by atoms with Crippen LogP contribution in [0.2, 0.25) is 0 Å². The van der Waals surface area contributed by atoms with Gasteiger partial charge in [0.05, 0.1) is 42.2 Å². The zero-order valence-electron chi connectivity index (χ0n) is 20.9. The fraction of sp³-hybridized carbons (Fsp3) is 0.429. The number of nitrogens with zero attached hydrogens (tertiary/aromatic N) is 5. The monoisotopic (exact) mass is 498 g/mol. The predicted molar refractivity (Wildman–Crippen MR) is 142 cm³/mol. The Labute approximate surface area is 215 Å². The fourth-order valence-corrected chi connectivity index (χ4v) is 6.25. The van der Waals surface area contributed by atoms with Crippen LogP contribution in [0.5, 0.6) is 0 Å². The smallest absolute Gasteiger partial charge is 0.149 e. The minimum Gasteiger partial charge on any atom is -0.377 e. The van der Waals surface area contributed by atoms with E-state index in [-0.39, 0.29) is 6.04 Å². The maximum absolute atomic E-state index is 9.20. The lowest BCUT2D eigenvalue weighted by Crippen LogP contribution is -2.40. The molecule has 0 amide bonds. The molecule has 1 aliphatic heterocycles. The number of anilines is 1. The Bertz CT molecular complexity index is 1460. The molecule has 4 heterocycles. The lowest BCUT2D eigenvalue weighted by atomic mass is 9.66. The second kappa shape index (κ2) is 8.99. The average Bonchev–Trinajstić information content (AvgIpc) is 3.50. The molecule has 184 valence electrons. The van der Waals surface area contributed by atoms with Gasteiger partial charge in [0, 0.05) is 22.7 Å². The molecule has 1 aromatic carbocycles. The van der Waals surface area contributed by atoms with Gasteiger partial charge >= 0.3 is 0 Å². The molecule has 1 saturated carbocycles. The van der Waals surface area contributed by atoms with Crippen molar-refractivity contribution in [2.45, 2.75) is 52.0 Å². The third-order valence-electron chi connectivity index (χ3n) is 8.07. The van der Waals surface area contributed by atoms with Gasteiger partial charge in [-0.25, -0.2) is 4.52 Å². The first-order valence-electron chi connectivity index (χ1n) is 12.6. The van der Waals surface area contributed by atoms with Crippen molar-refractivity contribution in [1.82, 2.24) is 19.8 Å². The number of aromatic nitrogens is 4. The van der Waals surface area contributed by atoms with Crippen LogP contribution >= 0.6 is 11.3 Å². The summed E-state index contributed by atoms with van der Waals surface area (Å²) in [6.07, 6.45) is 5.18. The van der Waals surface area contributed by atoms with E-state index in [2.05, 4.69) is 65.7 Å². The largest absolute Gasteiger partial charge is 0.377 e. The number of benzene rings is 1. The molecule has 6 rings (SSSR count). The number of hydrogen-bond acceptors (Lipinski definition) is 7. The van der Waals surface area contributed by atoms with Crippen molar-refractivity contribution in [1.29, 1.82) is 5.26 Å². The van der Waals surface area contributed by atoms with E-state index in [9.17, 15) is 5.26 Å². The predicted octanol–water partition coefficient (Wildman–Crippen LogP) is 6.13. The number of nitriles is 1. The topological polar surface area (TPSA) is 88.1 Å². The summed E-state index contributed by atoms with van der Waals surface area (Å²) in [5, 5.41) is 28.8. The van der Waals surface area contributed by atoms with Crippen molar-refractivity contribution in [3.05, 3.63) is 53.2 Å². The van der Waals surface area contributed by atoms with E-state index in [4.69, 9.17) is 4.74 Å². The Morgan fingerprint density at radius 1 is 1.17 bits per heavy atom. The molecule has 2 aliphatic rings. The molecular formula is C28H30N6OS. The van der Waals surface area contributed by atoms with Crippen molar-refractivity contribution >= 4 is 22.5 Å². The Kier molecular flexibility index (Phi) is 5.78. The number of rotatable bonds is 5. The lowest BCUT2D eigenvalue weighted by molar-refractivity contribution is 0.0211. The molecule has 1 unspecified atom stereocenters. The van der Waals surface area contributed by atoms with Crippen LogP contribution in [-0.4, -0.2) is 39.1 Å². The number of ether oxygens (including phenoxy) is 1. The van der Waals surface area contributed by atoms with Gasteiger partial charge in [-0.2, -0.15) is 10.4 Å². The van der Waals surface area contributed by atoms with Gasteiger partial charge in [0.15, 0.2) is 0 Å². The second-order valence-corrected chi connectivity index (χ2v) is 11.9. The normalized spacial score (nSPS) is 21.7. The summed E-state index contributed by atoms with van der Waals surface area (Å²) in [5.74, 6) is 1.17. The van der Waals surface area contributed by atoms with Gasteiger partial charge in [0.2, 0.25) is 0 Å². The van der Waals surface area contributed by atoms with Crippen LogP contribution in [0.25, 0.3) is 27.3 Å². The molecule has 0 radical (unpaired) electrons. The highest BCUT2D eigenvalue weighted by Gasteiger charge is 2.35. The molecule has 0 bridgehead atoms. The first-order chi connectivity index (χ1) is 17.4. The molecular weight excluding hydrogens is 468 g/mol. The standard InChI is InChI=1S/C28H30N6OS/c1-17-10-20(8-9-28(17,2)3)26-32-33-27(36-26)23-6-4-19(12-24(23)31-21-15-35-16-21)25-7-5-22-11-18(13-29)14-30-34(22)25/h4-7,11-12,14,17,20-21,31H,8-10,15-16H2,1-3H3/t17-,20?/m0/s1. The van der Waals surface area contributed by atoms with Crippen LogP contribution in [0.4, 0.5) is 5.69 Å². The SMILES string of the molecule is C[C@H]1CC(c2nnc(-c3ccc(-c4ccc5cc(C#N)cnn45)cc3NC3COC3)s2)CCC1(C)C. The van der Waals surface area contributed by atoms with Crippen LogP contribution in [0.1, 0.15) is 56.5 Å². The summed E-state index contributed by atoms with van der Waals surface area (Å²) >= 11 is 1.73. The third-order valence-corrected chi connectivity index (χ3v) is 9.19. The highest BCUT2D eigenvalue weighted by atomic mass is 32.1. The third kappa shape index (κ3) is 4.16. The second-order valence-electron chi connectivity index (χ2n) is 10.9. The minimum atomic E-state index is 0.285. The van der Waals surface area contributed by atoms with E-state index >= 15 is 0 Å². The van der Waals surface area contributed by atoms with E-state index in [1.54, 1.807) is 17.5 Å². The molecule has 2 fully saturated rings. The Balaban J connectivity index is 1.34. The summed E-state index contributed by atoms with van der Waals surface area (Å²) in [4.78, 5) is 0. The maximum atomic E-state index is 9.20. The maximum Gasteiger partial charge on any atom is 0.149 e. The lowest BCUT2D eigenvalue weighted by Gasteiger charge is -2.39. The quantitative estimate of drug-likeness (QED) is 0.356. The van der Waals surface area contributed by atoms with E-state index in [1.165, 1.54) is 19.3 Å². The number of hydrogen-bond donors (Lipinski definition) is 1. The van der Waals surface area contributed by atoms with Crippen LogP contribution in [0.15, 0.2) is 42.6 Å². The van der Waals surface area contributed by atoms with E-state index in [0.29, 0.717) is 36.0 Å². The highest BCUT2D eigenvalue weighted by molar-refractivity contribution is 7.14. The minimum absolute atomic E-state index is 0.285. The summed E-state index contributed by atoms with van der Waals surface area (Å²) in [7, 11) is 0. The molecule has 1 N–H and O–H groups in total. The molecule has 8 heteroatoms. The molecule has 7 nitrogen and oxygen atoms in total. The molecule has 2 atom stereocenters. The van der Waals surface area contributed by atoms with Gasteiger partial charge in [-0.05, 0) is 60.9 Å². The van der Waals surface area contributed by atoms with Gasteiger partial charge in [-0.1, -0.05) is 38.2 Å². The van der Waals surface area contributed by atoms with Gasteiger partial charge in [0.1, 0.15) is 16.1 Å². The number of fused-ring (bicyclic) bond motifs is 1. The van der Waals surface area contributed by atoms with Crippen LogP contribution in [-0.2, 0) is 4.74 Å². The summed E-state index contributed by atoms with van der Waals surface area (Å²) < 4.78 is 7.29. The molecule has 36 heavy (non-hydrogen) atoms. The zero-order chi connectivity index (χ0) is 24.9.